The van der Waals surface area contributed by atoms with Crippen molar-refractivity contribution in [2.24, 2.45) is 0 Å². The Morgan fingerprint density at radius 2 is 1.84 bits per heavy atom. The molecule has 0 saturated heterocycles. The van der Waals surface area contributed by atoms with Gasteiger partial charge in [0.15, 0.2) is 0 Å². The second-order valence-corrected chi connectivity index (χ2v) is 4.37. The lowest BCUT2D eigenvalue weighted by Gasteiger charge is -2.11. The van der Waals surface area contributed by atoms with E-state index in [9.17, 15) is 8.78 Å². The van der Waals surface area contributed by atoms with Gasteiger partial charge in [0.2, 0.25) is 0 Å². The first-order valence-corrected chi connectivity index (χ1v) is 5.94. The molecule has 0 bridgehead atoms. The molecular formula is C14H11ClF2O2. The SMILES string of the molecule is OCc1cc(F)ccc1OCc1ccc(Cl)cc1F. The van der Waals surface area contributed by atoms with Gasteiger partial charge in [0.05, 0.1) is 6.61 Å². The van der Waals surface area contributed by atoms with E-state index in [1.807, 2.05) is 0 Å². The molecule has 0 aliphatic heterocycles. The van der Waals surface area contributed by atoms with Crippen LogP contribution in [0.5, 0.6) is 5.75 Å². The molecule has 2 aromatic rings. The van der Waals surface area contributed by atoms with E-state index in [1.165, 1.54) is 30.3 Å². The van der Waals surface area contributed by atoms with E-state index in [0.29, 0.717) is 21.9 Å². The van der Waals surface area contributed by atoms with Gasteiger partial charge in [-0.15, -0.1) is 0 Å². The molecule has 2 rings (SSSR count). The summed E-state index contributed by atoms with van der Waals surface area (Å²) in [6, 6.07) is 8.05. The van der Waals surface area contributed by atoms with Crippen LogP contribution in [0.25, 0.3) is 0 Å². The minimum atomic E-state index is -0.472. The van der Waals surface area contributed by atoms with Crippen LogP contribution in [0.3, 0.4) is 0 Å². The van der Waals surface area contributed by atoms with E-state index >= 15 is 0 Å². The molecule has 0 aliphatic rings. The predicted octanol–water partition coefficient (Wildman–Crippen LogP) is 3.69. The Morgan fingerprint density at radius 3 is 2.53 bits per heavy atom. The second kappa shape index (κ2) is 5.99. The van der Waals surface area contributed by atoms with Crippen LogP contribution in [-0.4, -0.2) is 5.11 Å². The summed E-state index contributed by atoms with van der Waals surface area (Å²) in [5.74, 6) is -0.618. The number of aliphatic hydroxyl groups is 1. The maximum Gasteiger partial charge on any atom is 0.131 e. The molecule has 100 valence electrons. The highest BCUT2D eigenvalue weighted by Gasteiger charge is 2.07. The fraction of sp³-hybridized carbons (Fsp3) is 0.143. The molecule has 0 aromatic heterocycles. The van der Waals surface area contributed by atoms with Crippen LogP contribution < -0.4 is 4.74 Å². The minimum absolute atomic E-state index is 0.0262. The van der Waals surface area contributed by atoms with Crippen LogP contribution in [0.2, 0.25) is 5.02 Å². The number of benzene rings is 2. The number of halogens is 3. The molecule has 0 heterocycles. The van der Waals surface area contributed by atoms with E-state index in [2.05, 4.69) is 0 Å². The van der Waals surface area contributed by atoms with Gasteiger partial charge in [-0.25, -0.2) is 8.78 Å². The zero-order valence-electron chi connectivity index (χ0n) is 9.87. The molecule has 0 unspecified atom stereocenters. The van der Waals surface area contributed by atoms with Gasteiger partial charge in [0, 0.05) is 16.1 Å². The van der Waals surface area contributed by atoms with Crippen molar-refractivity contribution in [1.29, 1.82) is 0 Å². The fourth-order valence-electron chi connectivity index (χ4n) is 1.61. The highest BCUT2D eigenvalue weighted by Crippen LogP contribution is 2.22. The molecule has 2 aromatic carbocycles. The van der Waals surface area contributed by atoms with Crippen molar-refractivity contribution in [1.82, 2.24) is 0 Å². The Bertz CT molecular complexity index is 588. The van der Waals surface area contributed by atoms with Gasteiger partial charge < -0.3 is 9.84 Å². The molecule has 0 fully saturated rings. The predicted molar refractivity (Wildman–Crippen MR) is 68.1 cm³/mol. The molecule has 5 heteroatoms. The molecule has 0 saturated carbocycles. The number of ether oxygens (including phenoxy) is 1. The van der Waals surface area contributed by atoms with Gasteiger partial charge in [0.25, 0.3) is 0 Å². The van der Waals surface area contributed by atoms with Gasteiger partial charge in [-0.3, -0.25) is 0 Å². The van der Waals surface area contributed by atoms with Gasteiger partial charge in [0.1, 0.15) is 24.0 Å². The van der Waals surface area contributed by atoms with Crippen LogP contribution in [0, 0.1) is 11.6 Å². The average molecular weight is 285 g/mol. The summed E-state index contributed by atoms with van der Waals surface area (Å²) in [6.45, 7) is -0.377. The first kappa shape index (κ1) is 13.8. The van der Waals surface area contributed by atoms with Crippen molar-refractivity contribution in [2.45, 2.75) is 13.2 Å². The van der Waals surface area contributed by atoms with Crippen molar-refractivity contribution in [2.75, 3.05) is 0 Å². The molecule has 0 radical (unpaired) electrons. The maximum absolute atomic E-state index is 13.5. The van der Waals surface area contributed by atoms with Gasteiger partial charge in [-0.2, -0.15) is 0 Å². The molecule has 0 atom stereocenters. The molecule has 0 amide bonds. The lowest BCUT2D eigenvalue weighted by molar-refractivity contribution is 0.256. The molecule has 0 spiro atoms. The average Bonchev–Trinajstić information content (AvgIpc) is 2.39. The highest BCUT2D eigenvalue weighted by molar-refractivity contribution is 6.30. The van der Waals surface area contributed by atoms with E-state index in [4.69, 9.17) is 21.4 Å². The Balaban J connectivity index is 2.14. The number of rotatable bonds is 4. The monoisotopic (exact) mass is 284 g/mol. The van der Waals surface area contributed by atoms with Gasteiger partial charge in [-0.1, -0.05) is 17.7 Å². The molecular weight excluding hydrogens is 274 g/mol. The molecule has 19 heavy (non-hydrogen) atoms. The standard InChI is InChI=1S/C14H11ClF2O2/c15-11-2-1-9(13(17)6-11)8-19-14-4-3-12(16)5-10(14)7-18/h1-6,18H,7-8H2. The lowest BCUT2D eigenvalue weighted by Crippen LogP contribution is -2.01. The first-order chi connectivity index (χ1) is 9.10. The summed E-state index contributed by atoms with van der Waals surface area (Å²) >= 11 is 5.64. The molecule has 1 N–H and O–H groups in total. The van der Waals surface area contributed by atoms with Crippen molar-refractivity contribution < 1.29 is 18.6 Å². The van der Waals surface area contributed by atoms with Crippen molar-refractivity contribution in [3.05, 3.63) is 64.2 Å². The lowest BCUT2D eigenvalue weighted by atomic mass is 10.2. The summed E-state index contributed by atoms with van der Waals surface area (Å²) in [7, 11) is 0. The smallest absolute Gasteiger partial charge is 0.131 e. The third kappa shape index (κ3) is 3.43. The van der Waals surface area contributed by atoms with Crippen LogP contribution in [0.4, 0.5) is 8.78 Å². The Labute approximate surface area is 114 Å². The topological polar surface area (TPSA) is 29.5 Å². The zero-order valence-corrected chi connectivity index (χ0v) is 10.6. The molecule has 2 nitrogen and oxygen atoms in total. The van der Waals surface area contributed by atoms with Crippen molar-refractivity contribution >= 4 is 11.6 Å². The zero-order chi connectivity index (χ0) is 13.8. The number of hydrogen-bond acceptors (Lipinski definition) is 2. The highest BCUT2D eigenvalue weighted by atomic mass is 35.5. The van der Waals surface area contributed by atoms with Crippen molar-refractivity contribution in [3.8, 4) is 5.75 Å². The number of aliphatic hydroxyl groups excluding tert-OH is 1. The van der Waals surface area contributed by atoms with E-state index in [0.717, 1.165) is 0 Å². The summed E-state index contributed by atoms with van der Waals surface area (Å²) in [5.41, 5.74) is 0.645. The van der Waals surface area contributed by atoms with Gasteiger partial charge in [-0.05, 0) is 30.3 Å². The van der Waals surface area contributed by atoms with Gasteiger partial charge >= 0.3 is 0 Å². The van der Waals surface area contributed by atoms with Crippen LogP contribution in [-0.2, 0) is 13.2 Å². The van der Waals surface area contributed by atoms with Crippen LogP contribution >= 0.6 is 11.6 Å². The third-order valence-electron chi connectivity index (χ3n) is 2.59. The largest absolute Gasteiger partial charge is 0.488 e. The molecule has 0 aliphatic carbocycles. The summed E-state index contributed by atoms with van der Waals surface area (Å²) in [4.78, 5) is 0. The van der Waals surface area contributed by atoms with Crippen LogP contribution in [0.15, 0.2) is 36.4 Å². The Kier molecular flexibility index (Phi) is 4.35. The number of hydrogen-bond donors (Lipinski definition) is 1. The summed E-state index contributed by atoms with van der Waals surface area (Å²) < 4.78 is 31.9. The van der Waals surface area contributed by atoms with E-state index in [1.54, 1.807) is 6.07 Å². The normalized spacial score (nSPS) is 10.5. The van der Waals surface area contributed by atoms with E-state index in [-0.39, 0.29) is 13.2 Å². The summed E-state index contributed by atoms with van der Waals surface area (Å²) in [6.07, 6.45) is 0. The first-order valence-electron chi connectivity index (χ1n) is 5.56. The van der Waals surface area contributed by atoms with E-state index < -0.39 is 11.6 Å². The van der Waals surface area contributed by atoms with Crippen molar-refractivity contribution in [3.63, 3.8) is 0 Å². The summed E-state index contributed by atoms with van der Waals surface area (Å²) in [5, 5.41) is 9.40. The minimum Gasteiger partial charge on any atom is -0.488 e. The quantitative estimate of drug-likeness (QED) is 0.928. The second-order valence-electron chi connectivity index (χ2n) is 3.93. The Morgan fingerprint density at radius 1 is 1.05 bits per heavy atom. The third-order valence-corrected chi connectivity index (χ3v) is 2.83. The fourth-order valence-corrected chi connectivity index (χ4v) is 1.77. The maximum atomic E-state index is 13.5. The Hall–Kier alpha value is -1.65. The van der Waals surface area contributed by atoms with Crippen LogP contribution in [0.1, 0.15) is 11.1 Å².